The van der Waals surface area contributed by atoms with Crippen LogP contribution in [0.15, 0.2) is 36.5 Å². The molecule has 0 unspecified atom stereocenters. The molecule has 1 aromatic carbocycles. The number of nitrogens with zero attached hydrogens (tertiary/aromatic N) is 2. The standard InChI is InChI=1S/C16H18N4O4S/c1-11-6-8-17-20(11)14-4-2-12(3-5-14)15(21)18-19-16(22)13-7-9-25(23,24)10-13/h2-6,8,13H,7,9-10H2,1H3,(H,18,21)(H,19,22)/t13-/m1/s1. The van der Waals surface area contributed by atoms with E-state index in [1.165, 1.54) is 0 Å². The molecular formula is C16H18N4O4S. The summed E-state index contributed by atoms with van der Waals surface area (Å²) in [6.45, 7) is 1.92. The summed E-state index contributed by atoms with van der Waals surface area (Å²) in [6.07, 6.45) is 1.97. The van der Waals surface area contributed by atoms with Crippen molar-refractivity contribution in [2.45, 2.75) is 13.3 Å². The van der Waals surface area contributed by atoms with Gasteiger partial charge in [0, 0.05) is 17.5 Å². The molecule has 1 atom stereocenters. The molecule has 2 N–H and O–H groups in total. The zero-order chi connectivity index (χ0) is 18.0. The number of benzene rings is 1. The maximum absolute atomic E-state index is 12.1. The van der Waals surface area contributed by atoms with Crippen molar-refractivity contribution in [3.8, 4) is 5.69 Å². The van der Waals surface area contributed by atoms with Crippen molar-refractivity contribution < 1.29 is 18.0 Å². The molecule has 2 heterocycles. The fraction of sp³-hybridized carbons (Fsp3) is 0.312. The van der Waals surface area contributed by atoms with Gasteiger partial charge in [-0.15, -0.1) is 0 Å². The van der Waals surface area contributed by atoms with Gasteiger partial charge in [-0.25, -0.2) is 13.1 Å². The maximum atomic E-state index is 12.1. The zero-order valence-electron chi connectivity index (χ0n) is 13.6. The number of carbonyl (C=O) groups excluding carboxylic acids is 2. The molecule has 0 saturated carbocycles. The summed E-state index contributed by atoms with van der Waals surface area (Å²) >= 11 is 0. The van der Waals surface area contributed by atoms with Crippen molar-refractivity contribution in [3.05, 3.63) is 47.8 Å². The number of amides is 2. The lowest BCUT2D eigenvalue weighted by atomic mass is 10.1. The number of nitrogens with one attached hydrogen (secondary N) is 2. The highest BCUT2D eigenvalue weighted by molar-refractivity contribution is 7.91. The Balaban J connectivity index is 1.58. The van der Waals surface area contributed by atoms with E-state index in [1.807, 2.05) is 13.0 Å². The van der Waals surface area contributed by atoms with Crippen LogP contribution in [0.2, 0.25) is 0 Å². The molecule has 3 rings (SSSR count). The summed E-state index contributed by atoms with van der Waals surface area (Å²) in [7, 11) is -3.14. The average molecular weight is 362 g/mol. The third-order valence-electron chi connectivity index (χ3n) is 4.11. The van der Waals surface area contributed by atoms with Crippen molar-refractivity contribution in [1.29, 1.82) is 0 Å². The van der Waals surface area contributed by atoms with Crippen molar-refractivity contribution in [1.82, 2.24) is 20.6 Å². The van der Waals surface area contributed by atoms with E-state index < -0.39 is 27.6 Å². The van der Waals surface area contributed by atoms with Gasteiger partial charge < -0.3 is 0 Å². The second kappa shape index (κ2) is 6.67. The fourth-order valence-corrected chi connectivity index (χ4v) is 4.43. The molecule has 0 aliphatic carbocycles. The first-order chi connectivity index (χ1) is 11.9. The topological polar surface area (TPSA) is 110 Å². The van der Waals surface area contributed by atoms with Crippen LogP contribution in [0.5, 0.6) is 0 Å². The van der Waals surface area contributed by atoms with Crippen LogP contribution >= 0.6 is 0 Å². The minimum Gasteiger partial charge on any atom is -0.273 e. The summed E-state index contributed by atoms with van der Waals surface area (Å²) in [5, 5.41) is 4.19. The van der Waals surface area contributed by atoms with Crippen LogP contribution in [0.1, 0.15) is 22.5 Å². The third kappa shape index (κ3) is 3.87. The largest absolute Gasteiger partial charge is 0.273 e. The van der Waals surface area contributed by atoms with Crippen LogP contribution in [0, 0.1) is 12.8 Å². The van der Waals surface area contributed by atoms with Gasteiger partial charge in [0.1, 0.15) is 0 Å². The van der Waals surface area contributed by atoms with Crippen molar-refractivity contribution in [2.24, 2.45) is 5.92 Å². The Hall–Kier alpha value is -2.68. The van der Waals surface area contributed by atoms with Gasteiger partial charge in [-0.3, -0.25) is 20.4 Å². The second-order valence-corrected chi connectivity index (χ2v) is 8.20. The average Bonchev–Trinajstić information content (AvgIpc) is 3.17. The molecule has 1 saturated heterocycles. The smallest absolute Gasteiger partial charge is 0.269 e. The van der Waals surface area contributed by atoms with E-state index in [0.717, 1.165) is 11.4 Å². The van der Waals surface area contributed by atoms with Crippen molar-refractivity contribution >= 4 is 21.7 Å². The van der Waals surface area contributed by atoms with Crippen LogP contribution < -0.4 is 10.9 Å². The molecule has 0 bridgehead atoms. The van der Waals surface area contributed by atoms with E-state index >= 15 is 0 Å². The predicted molar refractivity (Wildman–Crippen MR) is 90.7 cm³/mol. The Morgan fingerprint density at radius 2 is 1.88 bits per heavy atom. The molecule has 1 aliphatic rings. The molecule has 8 nitrogen and oxygen atoms in total. The number of hydrazine groups is 1. The number of carbonyl (C=O) groups is 2. The molecule has 25 heavy (non-hydrogen) atoms. The minimum atomic E-state index is -3.14. The minimum absolute atomic E-state index is 0.00728. The molecule has 1 fully saturated rings. The van der Waals surface area contributed by atoms with Crippen molar-refractivity contribution in [2.75, 3.05) is 11.5 Å². The quantitative estimate of drug-likeness (QED) is 0.767. The Bertz CT molecular complexity index is 902. The number of aromatic nitrogens is 2. The Kier molecular flexibility index (Phi) is 4.58. The summed E-state index contributed by atoms with van der Waals surface area (Å²) in [6, 6.07) is 8.62. The molecule has 0 radical (unpaired) electrons. The van der Waals surface area contributed by atoms with Crippen LogP contribution in [0.25, 0.3) is 5.69 Å². The van der Waals surface area contributed by atoms with Gasteiger partial charge in [0.25, 0.3) is 5.91 Å². The van der Waals surface area contributed by atoms with E-state index in [-0.39, 0.29) is 17.9 Å². The Morgan fingerprint density at radius 1 is 1.16 bits per heavy atom. The first-order valence-electron chi connectivity index (χ1n) is 7.77. The molecular weight excluding hydrogens is 344 g/mol. The van der Waals surface area contributed by atoms with E-state index in [1.54, 1.807) is 35.1 Å². The lowest BCUT2D eigenvalue weighted by Gasteiger charge is -2.11. The highest BCUT2D eigenvalue weighted by Crippen LogP contribution is 2.18. The molecule has 132 valence electrons. The highest BCUT2D eigenvalue weighted by Gasteiger charge is 2.33. The molecule has 1 aliphatic heterocycles. The van der Waals surface area contributed by atoms with Gasteiger partial charge in [-0.1, -0.05) is 0 Å². The summed E-state index contributed by atoms with van der Waals surface area (Å²) in [5.41, 5.74) is 6.76. The second-order valence-electron chi connectivity index (χ2n) is 5.97. The first-order valence-corrected chi connectivity index (χ1v) is 9.59. The molecule has 9 heteroatoms. The normalized spacial score (nSPS) is 18.7. The summed E-state index contributed by atoms with van der Waals surface area (Å²) in [5.74, 6) is -1.74. The predicted octanol–water partition coefficient (Wildman–Crippen LogP) is 0.376. The summed E-state index contributed by atoms with van der Waals surface area (Å²) in [4.78, 5) is 24.0. The van der Waals surface area contributed by atoms with E-state index in [9.17, 15) is 18.0 Å². The molecule has 2 amide bonds. The monoisotopic (exact) mass is 362 g/mol. The van der Waals surface area contributed by atoms with Gasteiger partial charge in [-0.2, -0.15) is 5.10 Å². The number of rotatable bonds is 3. The Morgan fingerprint density at radius 3 is 2.44 bits per heavy atom. The fourth-order valence-electron chi connectivity index (χ4n) is 2.69. The lowest BCUT2D eigenvalue weighted by Crippen LogP contribution is -2.44. The third-order valence-corrected chi connectivity index (χ3v) is 5.88. The van der Waals surface area contributed by atoms with E-state index in [2.05, 4.69) is 16.0 Å². The molecule has 1 aromatic heterocycles. The van der Waals surface area contributed by atoms with Gasteiger partial charge in [0.15, 0.2) is 9.84 Å². The maximum Gasteiger partial charge on any atom is 0.269 e. The van der Waals surface area contributed by atoms with Gasteiger partial charge in [-0.05, 0) is 43.7 Å². The van der Waals surface area contributed by atoms with E-state index in [0.29, 0.717) is 5.56 Å². The number of sulfone groups is 1. The van der Waals surface area contributed by atoms with Gasteiger partial charge in [0.05, 0.1) is 23.1 Å². The first kappa shape index (κ1) is 17.2. The zero-order valence-corrected chi connectivity index (χ0v) is 14.4. The lowest BCUT2D eigenvalue weighted by molar-refractivity contribution is -0.125. The molecule has 2 aromatic rings. The number of hydrogen-bond donors (Lipinski definition) is 2. The van der Waals surface area contributed by atoms with E-state index in [4.69, 9.17) is 0 Å². The van der Waals surface area contributed by atoms with Gasteiger partial charge in [0.2, 0.25) is 5.91 Å². The van der Waals surface area contributed by atoms with Crippen LogP contribution in [0.4, 0.5) is 0 Å². The highest BCUT2D eigenvalue weighted by atomic mass is 32.2. The summed E-state index contributed by atoms with van der Waals surface area (Å²) < 4.78 is 24.5. The molecule has 0 spiro atoms. The number of hydrogen-bond acceptors (Lipinski definition) is 5. The number of aryl methyl sites for hydroxylation is 1. The van der Waals surface area contributed by atoms with Crippen LogP contribution in [-0.2, 0) is 14.6 Å². The SMILES string of the molecule is Cc1ccnn1-c1ccc(C(=O)NNC(=O)[C@@H]2CCS(=O)(=O)C2)cc1. The van der Waals surface area contributed by atoms with Crippen LogP contribution in [0.3, 0.4) is 0 Å². The van der Waals surface area contributed by atoms with Gasteiger partial charge >= 0.3 is 0 Å². The Labute approximate surface area is 145 Å². The van der Waals surface area contributed by atoms with Crippen LogP contribution in [-0.4, -0.2) is 41.5 Å². The van der Waals surface area contributed by atoms with Crippen molar-refractivity contribution in [3.63, 3.8) is 0 Å².